The molecule has 0 amide bonds. The number of nitrogens with two attached hydrogens (primary N) is 1. The molecule has 1 aromatic heterocycles. The van der Waals surface area contributed by atoms with E-state index in [2.05, 4.69) is 15.9 Å². The van der Waals surface area contributed by atoms with Gasteiger partial charge in [-0.25, -0.2) is 4.79 Å². The van der Waals surface area contributed by atoms with Crippen LogP contribution in [0.2, 0.25) is 0 Å². The molecule has 0 bridgehead atoms. The molecule has 5 nitrogen and oxygen atoms in total. The van der Waals surface area contributed by atoms with Crippen LogP contribution in [0.1, 0.15) is 22.8 Å². The number of rotatable bonds is 1. The van der Waals surface area contributed by atoms with Crippen LogP contribution < -0.4 is 16.1 Å². The van der Waals surface area contributed by atoms with Gasteiger partial charge >= 0.3 is 5.63 Å². The van der Waals surface area contributed by atoms with Crippen LogP contribution >= 0.6 is 15.9 Å². The van der Waals surface area contributed by atoms with E-state index in [9.17, 15) is 10.1 Å². The van der Waals surface area contributed by atoms with Gasteiger partial charge in [-0.1, -0.05) is 28.1 Å². The van der Waals surface area contributed by atoms with Crippen LogP contribution in [0.15, 0.2) is 55.5 Å². The molecule has 0 saturated carbocycles. The monoisotopic (exact) mass is 358 g/mol. The van der Waals surface area contributed by atoms with E-state index in [0.29, 0.717) is 17.1 Å². The number of nitrogens with zero attached hydrogens (tertiary/aromatic N) is 1. The minimum absolute atomic E-state index is 0.00733. The molecule has 0 unspecified atom stereocenters. The lowest BCUT2D eigenvalue weighted by Gasteiger charge is -2.25. The Hall–Kier alpha value is -2.52. The number of hydrogen-bond donors (Lipinski definition) is 1. The van der Waals surface area contributed by atoms with Crippen molar-refractivity contribution in [3.8, 4) is 11.8 Å². The van der Waals surface area contributed by atoms with E-state index in [-0.39, 0.29) is 11.5 Å². The van der Waals surface area contributed by atoms with Crippen molar-refractivity contribution in [3.63, 3.8) is 0 Å². The summed E-state index contributed by atoms with van der Waals surface area (Å²) in [6, 6.07) is 11.0. The van der Waals surface area contributed by atoms with Gasteiger partial charge in [0.25, 0.3) is 0 Å². The largest absolute Gasteiger partial charge is 0.440 e. The van der Waals surface area contributed by atoms with Crippen LogP contribution in [0.5, 0.6) is 5.75 Å². The average molecular weight is 359 g/mol. The van der Waals surface area contributed by atoms with E-state index in [1.54, 1.807) is 13.0 Å². The molecule has 0 spiro atoms. The zero-order valence-corrected chi connectivity index (χ0v) is 13.2. The second kappa shape index (κ2) is 5.35. The number of fused-ring (bicyclic) bond motifs is 1. The molecule has 1 atom stereocenters. The Morgan fingerprint density at radius 2 is 2.00 bits per heavy atom. The maximum atomic E-state index is 12.3. The Labute approximate surface area is 134 Å². The molecule has 6 heteroatoms. The second-order valence-corrected chi connectivity index (χ2v) is 5.81. The fourth-order valence-electron chi connectivity index (χ4n) is 2.51. The average Bonchev–Trinajstić information content (AvgIpc) is 2.46. The van der Waals surface area contributed by atoms with Crippen molar-refractivity contribution in [2.75, 3.05) is 0 Å². The molecule has 0 saturated heterocycles. The first-order chi connectivity index (χ1) is 10.5. The highest BCUT2D eigenvalue weighted by atomic mass is 79.9. The number of hydrogen-bond acceptors (Lipinski definition) is 5. The number of ether oxygens (including phenoxy) is 1. The molecule has 2 heterocycles. The summed E-state index contributed by atoms with van der Waals surface area (Å²) >= 11 is 3.36. The number of halogens is 1. The normalized spacial score (nSPS) is 16.7. The quantitative estimate of drug-likeness (QED) is 0.846. The lowest BCUT2D eigenvalue weighted by Crippen LogP contribution is -2.26. The molecular weight excluding hydrogens is 348 g/mol. The van der Waals surface area contributed by atoms with Gasteiger partial charge in [-0.15, -0.1) is 0 Å². The zero-order valence-electron chi connectivity index (χ0n) is 11.6. The van der Waals surface area contributed by atoms with Gasteiger partial charge in [-0.3, -0.25) is 0 Å². The van der Waals surface area contributed by atoms with E-state index in [0.717, 1.165) is 10.0 Å². The van der Waals surface area contributed by atoms with E-state index in [1.807, 2.05) is 30.3 Å². The smallest absolute Gasteiger partial charge is 0.343 e. The van der Waals surface area contributed by atoms with Gasteiger partial charge in [0.1, 0.15) is 23.2 Å². The Morgan fingerprint density at radius 3 is 2.64 bits per heavy atom. The first-order valence-electron chi connectivity index (χ1n) is 6.49. The summed E-state index contributed by atoms with van der Waals surface area (Å²) < 4.78 is 11.5. The maximum absolute atomic E-state index is 12.3. The number of allylic oxidation sites excluding steroid dienone is 1. The molecule has 1 aliphatic heterocycles. The molecule has 2 N–H and O–H groups in total. The van der Waals surface area contributed by atoms with Crippen LogP contribution in [0.25, 0.3) is 0 Å². The lowest BCUT2D eigenvalue weighted by molar-refractivity contribution is 0.371. The Balaban J connectivity index is 2.29. The second-order valence-electron chi connectivity index (χ2n) is 4.90. The summed E-state index contributed by atoms with van der Waals surface area (Å²) in [6.07, 6.45) is 0. The summed E-state index contributed by atoms with van der Waals surface area (Å²) in [6.45, 7) is 1.65. The van der Waals surface area contributed by atoms with Gasteiger partial charge in [0.2, 0.25) is 5.88 Å². The molecule has 3 rings (SSSR count). The zero-order chi connectivity index (χ0) is 15.9. The number of benzene rings is 1. The van der Waals surface area contributed by atoms with Crippen LogP contribution in [-0.2, 0) is 0 Å². The minimum atomic E-state index is -0.598. The summed E-state index contributed by atoms with van der Waals surface area (Å²) in [5, 5.41) is 9.41. The van der Waals surface area contributed by atoms with Crippen LogP contribution in [0, 0.1) is 18.3 Å². The molecule has 1 aliphatic rings. The fourth-order valence-corrected chi connectivity index (χ4v) is 2.77. The van der Waals surface area contributed by atoms with Crippen molar-refractivity contribution in [1.29, 1.82) is 5.26 Å². The fraction of sp³-hybridized carbons (Fsp3) is 0.125. The highest BCUT2D eigenvalue weighted by Gasteiger charge is 2.34. The Morgan fingerprint density at radius 1 is 1.32 bits per heavy atom. The van der Waals surface area contributed by atoms with Crippen molar-refractivity contribution in [2.45, 2.75) is 12.8 Å². The van der Waals surface area contributed by atoms with Crippen molar-refractivity contribution < 1.29 is 9.15 Å². The first kappa shape index (κ1) is 14.4. The van der Waals surface area contributed by atoms with Gasteiger partial charge in [0.05, 0.1) is 11.5 Å². The molecule has 0 radical (unpaired) electrons. The highest BCUT2D eigenvalue weighted by molar-refractivity contribution is 9.10. The third-order valence-corrected chi connectivity index (χ3v) is 3.99. The van der Waals surface area contributed by atoms with Gasteiger partial charge < -0.3 is 14.9 Å². The maximum Gasteiger partial charge on any atom is 0.343 e. The highest BCUT2D eigenvalue weighted by Crippen LogP contribution is 2.40. The minimum Gasteiger partial charge on any atom is -0.440 e. The third-order valence-electron chi connectivity index (χ3n) is 3.46. The van der Waals surface area contributed by atoms with Crippen molar-refractivity contribution in [3.05, 3.63) is 73.6 Å². The molecule has 1 aromatic carbocycles. The summed E-state index contributed by atoms with van der Waals surface area (Å²) in [4.78, 5) is 12.3. The Kier molecular flexibility index (Phi) is 3.51. The molecule has 110 valence electrons. The van der Waals surface area contributed by atoms with Gasteiger partial charge in [0.15, 0.2) is 0 Å². The number of nitriles is 1. The van der Waals surface area contributed by atoms with Gasteiger partial charge in [-0.05, 0) is 24.6 Å². The van der Waals surface area contributed by atoms with Crippen molar-refractivity contribution >= 4 is 15.9 Å². The molecule has 0 fully saturated rings. The van der Waals surface area contributed by atoms with Crippen molar-refractivity contribution in [2.24, 2.45) is 5.73 Å². The molecule has 0 aliphatic carbocycles. The van der Waals surface area contributed by atoms with E-state index < -0.39 is 11.5 Å². The molecule has 22 heavy (non-hydrogen) atoms. The predicted molar refractivity (Wildman–Crippen MR) is 83.2 cm³/mol. The third kappa shape index (κ3) is 2.30. The van der Waals surface area contributed by atoms with E-state index in [4.69, 9.17) is 14.9 Å². The summed E-state index contributed by atoms with van der Waals surface area (Å²) in [5.74, 6) is 0.163. The first-order valence-corrected chi connectivity index (χ1v) is 7.28. The van der Waals surface area contributed by atoms with Crippen LogP contribution in [0.3, 0.4) is 0 Å². The van der Waals surface area contributed by atoms with Crippen LogP contribution in [-0.4, -0.2) is 0 Å². The predicted octanol–water partition coefficient (Wildman–Crippen LogP) is 2.93. The van der Waals surface area contributed by atoms with E-state index in [1.165, 1.54) is 0 Å². The Bertz CT molecular complexity index is 876. The SMILES string of the molecule is Cc1cc2c(c(=O)o1)[C@H](c1ccc(Br)cc1)C(C#N)=C(N)O2. The standard InChI is InChI=1S/C16H11BrN2O3/c1-8-6-12-14(16(20)21-8)13(11(7-18)15(19)22-12)9-2-4-10(17)5-3-9/h2-6,13H,19H2,1H3/t13-/m1/s1. The topological polar surface area (TPSA) is 89.2 Å². The lowest BCUT2D eigenvalue weighted by atomic mass is 9.84. The van der Waals surface area contributed by atoms with E-state index >= 15 is 0 Å². The van der Waals surface area contributed by atoms with Crippen LogP contribution in [0.4, 0.5) is 0 Å². The summed E-state index contributed by atoms with van der Waals surface area (Å²) in [5.41, 5.74) is 6.59. The summed E-state index contributed by atoms with van der Waals surface area (Å²) in [7, 11) is 0. The molecule has 2 aromatic rings. The number of aryl methyl sites for hydroxylation is 1. The van der Waals surface area contributed by atoms with Gasteiger partial charge in [0, 0.05) is 10.5 Å². The van der Waals surface area contributed by atoms with Crippen molar-refractivity contribution in [1.82, 2.24) is 0 Å². The molecular formula is C16H11BrN2O3. The van der Waals surface area contributed by atoms with Gasteiger partial charge in [-0.2, -0.15) is 5.26 Å².